The van der Waals surface area contributed by atoms with Gasteiger partial charge < -0.3 is 5.32 Å². The summed E-state index contributed by atoms with van der Waals surface area (Å²) in [5, 5.41) is 3.72. The molecule has 0 aliphatic rings. The molecule has 0 fully saturated rings. The van der Waals surface area contributed by atoms with E-state index < -0.39 is 0 Å². The Morgan fingerprint density at radius 3 is 2.95 bits per heavy atom. The molecule has 1 aromatic carbocycles. The molecule has 0 unspecified atom stereocenters. The molecule has 0 aliphatic heterocycles. The number of nitrogens with one attached hydrogen (secondary N) is 1. The summed E-state index contributed by atoms with van der Waals surface area (Å²) in [6.45, 7) is 3.45. The first-order valence-electron chi connectivity index (χ1n) is 6.10. The molecule has 0 atom stereocenters. The van der Waals surface area contributed by atoms with Crippen LogP contribution in [-0.2, 0) is 11.2 Å². The van der Waals surface area contributed by atoms with Crippen molar-refractivity contribution in [3.63, 3.8) is 0 Å². The maximum atomic E-state index is 11.4. The molecule has 1 aromatic heterocycles. The number of aromatic nitrogens is 2. The van der Waals surface area contributed by atoms with E-state index in [1.54, 1.807) is 18.0 Å². The normalized spacial score (nSPS) is 10.1. The molecule has 20 heavy (non-hydrogen) atoms. The highest BCUT2D eigenvalue weighted by Gasteiger charge is 2.07. The largest absolute Gasteiger partial charge is 0.322 e. The van der Waals surface area contributed by atoms with Crippen molar-refractivity contribution in [1.82, 2.24) is 9.97 Å². The number of amides is 1. The number of nitrogens with zero attached hydrogens (tertiary/aromatic N) is 2. The number of carbonyl (C=O) groups is 1. The second-order valence-corrected chi connectivity index (χ2v) is 4.87. The minimum atomic E-state index is -0.226. The minimum absolute atomic E-state index is 0.226. The minimum Gasteiger partial charge on any atom is -0.322 e. The van der Waals surface area contributed by atoms with Gasteiger partial charge in [0.15, 0.2) is 0 Å². The van der Waals surface area contributed by atoms with Crippen LogP contribution >= 0.6 is 11.8 Å². The van der Waals surface area contributed by atoms with E-state index in [4.69, 9.17) is 0 Å². The van der Waals surface area contributed by atoms with Crippen molar-refractivity contribution in [2.24, 2.45) is 0 Å². The lowest BCUT2D eigenvalue weighted by molar-refractivity contribution is -0.111. The van der Waals surface area contributed by atoms with Crippen LogP contribution in [0.15, 0.2) is 54.2 Å². The zero-order chi connectivity index (χ0) is 14.4. The van der Waals surface area contributed by atoms with Crippen LogP contribution in [0.1, 0.15) is 11.4 Å². The summed E-state index contributed by atoms with van der Waals surface area (Å²) >= 11 is 1.58. The lowest BCUT2D eigenvalue weighted by atomic mass is 10.1. The highest BCUT2D eigenvalue weighted by molar-refractivity contribution is 7.98. The van der Waals surface area contributed by atoms with Crippen LogP contribution < -0.4 is 5.32 Å². The summed E-state index contributed by atoms with van der Waals surface area (Å²) in [6, 6.07) is 9.49. The van der Waals surface area contributed by atoms with Crippen molar-refractivity contribution in [2.75, 3.05) is 11.6 Å². The Hall–Kier alpha value is -2.14. The monoisotopic (exact) mass is 285 g/mol. The number of thioether (sulfide) groups is 1. The van der Waals surface area contributed by atoms with E-state index in [2.05, 4.69) is 21.9 Å². The molecular weight excluding hydrogens is 270 g/mol. The highest BCUT2D eigenvalue weighted by Crippen LogP contribution is 2.19. The molecule has 4 nitrogen and oxygen atoms in total. The maximum absolute atomic E-state index is 11.4. The Balaban J connectivity index is 2.24. The SMILES string of the molecule is C=CC(=O)Nc1ccccc1Cc1nccc(SC)n1. The third-order valence-corrected chi connectivity index (χ3v) is 3.34. The van der Waals surface area contributed by atoms with E-state index in [1.165, 1.54) is 6.08 Å². The van der Waals surface area contributed by atoms with Gasteiger partial charge in [0.25, 0.3) is 0 Å². The second-order valence-electron chi connectivity index (χ2n) is 4.04. The zero-order valence-electron chi connectivity index (χ0n) is 11.2. The van der Waals surface area contributed by atoms with Gasteiger partial charge in [0.2, 0.25) is 5.91 Å². The number of hydrogen-bond acceptors (Lipinski definition) is 4. The summed E-state index contributed by atoms with van der Waals surface area (Å²) in [5.74, 6) is 0.508. The number of rotatable bonds is 5. The molecule has 2 rings (SSSR count). The maximum Gasteiger partial charge on any atom is 0.247 e. The number of benzene rings is 1. The fraction of sp³-hybridized carbons (Fsp3) is 0.133. The molecule has 1 heterocycles. The van der Waals surface area contributed by atoms with Crippen LogP contribution in [0.5, 0.6) is 0 Å². The summed E-state index contributed by atoms with van der Waals surface area (Å²) < 4.78 is 0. The molecule has 0 saturated carbocycles. The van der Waals surface area contributed by atoms with E-state index in [9.17, 15) is 4.79 Å². The topological polar surface area (TPSA) is 54.9 Å². The van der Waals surface area contributed by atoms with Crippen molar-refractivity contribution in [3.05, 3.63) is 60.6 Å². The van der Waals surface area contributed by atoms with Gasteiger partial charge in [-0.1, -0.05) is 24.8 Å². The van der Waals surface area contributed by atoms with Crippen LogP contribution in [0, 0.1) is 0 Å². The molecule has 1 N–H and O–H groups in total. The van der Waals surface area contributed by atoms with Gasteiger partial charge in [-0.25, -0.2) is 9.97 Å². The van der Waals surface area contributed by atoms with Gasteiger partial charge in [-0.3, -0.25) is 4.79 Å². The molecule has 0 saturated heterocycles. The van der Waals surface area contributed by atoms with Crippen LogP contribution in [0.3, 0.4) is 0 Å². The third-order valence-electron chi connectivity index (χ3n) is 2.70. The molecule has 0 aliphatic carbocycles. The third kappa shape index (κ3) is 3.68. The molecular formula is C15H15N3OS. The molecule has 5 heteroatoms. The van der Waals surface area contributed by atoms with E-state index >= 15 is 0 Å². The lowest BCUT2D eigenvalue weighted by Crippen LogP contribution is -2.10. The van der Waals surface area contributed by atoms with Gasteiger partial charge in [0.05, 0.1) is 5.03 Å². The zero-order valence-corrected chi connectivity index (χ0v) is 12.0. The van der Waals surface area contributed by atoms with Crippen molar-refractivity contribution in [1.29, 1.82) is 0 Å². The van der Waals surface area contributed by atoms with Gasteiger partial charge in [0, 0.05) is 18.3 Å². The summed E-state index contributed by atoms with van der Waals surface area (Å²) in [5.41, 5.74) is 1.73. The Bertz CT molecular complexity index is 628. The fourth-order valence-corrected chi connectivity index (χ4v) is 2.12. The van der Waals surface area contributed by atoms with Gasteiger partial charge in [-0.2, -0.15) is 0 Å². The van der Waals surface area contributed by atoms with Crippen LogP contribution in [0.25, 0.3) is 0 Å². The Morgan fingerprint density at radius 1 is 1.40 bits per heavy atom. The van der Waals surface area contributed by atoms with E-state index in [0.29, 0.717) is 6.42 Å². The van der Waals surface area contributed by atoms with Crippen molar-refractivity contribution in [2.45, 2.75) is 11.4 Å². The first kappa shape index (κ1) is 14.3. The van der Waals surface area contributed by atoms with Gasteiger partial charge >= 0.3 is 0 Å². The number of hydrogen-bond donors (Lipinski definition) is 1. The molecule has 2 aromatic rings. The number of anilines is 1. The van der Waals surface area contributed by atoms with Crippen LogP contribution in [0.2, 0.25) is 0 Å². The molecule has 0 spiro atoms. The molecule has 0 radical (unpaired) electrons. The average molecular weight is 285 g/mol. The first-order valence-corrected chi connectivity index (χ1v) is 7.32. The first-order chi connectivity index (χ1) is 9.72. The molecule has 0 bridgehead atoms. The van der Waals surface area contributed by atoms with Crippen LogP contribution in [-0.4, -0.2) is 22.1 Å². The molecule has 102 valence electrons. The lowest BCUT2D eigenvalue weighted by Gasteiger charge is -2.09. The standard InChI is InChI=1S/C15H15N3OS/c1-3-14(19)17-12-7-5-4-6-11(12)10-13-16-9-8-15(18-13)20-2/h3-9H,1,10H2,2H3,(H,17,19). The Labute approximate surface area is 122 Å². The summed E-state index contributed by atoms with van der Waals surface area (Å²) in [6.07, 6.45) is 5.55. The van der Waals surface area contributed by atoms with Gasteiger partial charge in [-0.15, -0.1) is 11.8 Å². The predicted octanol–water partition coefficient (Wildman–Crippen LogP) is 2.91. The van der Waals surface area contributed by atoms with E-state index in [-0.39, 0.29) is 5.91 Å². The predicted molar refractivity (Wildman–Crippen MR) is 81.9 cm³/mol. The van der Waals surface area contributed by atoms with E-state index in [1.807, 2.05) is 36.6 Å². The summed E-state index contributed by atoms with van der Waals surface area (Å²) in [4.78, 5) is 20.1. The van der Waals surface area contributed by atoms with Gasteiger partial charge in [0.1, 0.15) is 5.82 Å². The number of carbonyl (C=O) groups excluding carboxylic acids is 1. The highest BCUT2D eigenvalue weighted by atomic mass is 32.2. The van der Waals surface area contributed by atoms with Crippen molar-refractivity contribution in [3.8, 4) is 0 Å². The van der Waals surface area contributed by atoms with Crippen molar-refractivity contribution >= 4 is 23.4 Å². The second kappa shape index (κ2) is 6.86. The van der Waals surface area contributed by atoms with Gasteiger partial charge in [-0.05, 0) is 30.0 Å². The number of para-hydroxylation sites is 1. The molecule has 1 amide bonds. The smallest absolute Gasteiger partial charge is 0.247 e. The van der Waals surface area contributed by atoms with E-state index in [0.717, 1.165) is 22.1 Å². The average Bonchev–Trinajstić information content (AvgIpc) is 2.49. The Kier molecular flexibility index (Phi) is 4.90. The van der Waals surface area contributed by atoms with Crippen molar-refractivity contribution < 1.29 is 4.79 Å². The summed E-state index contributed by atoms with van der Waals surface area (Å²) in [7, 11) is 0. The fourth-order valence-electron chi connectivity index (χ4n) is 1.73. The Morgan fingerprint density at radius 2 is 2.20 bits per heavy atom. The van der Waals surface area contributed by atoms with Crippen LogP contribution in [0.4, 0.5) is 5.69 Å². The quantitative estimate of drug-likeness (QED) is 0.521.